The zero-order valence-electron chi connectivity index (χ0n) is 11.9. The average Bonchev–Trinajstić information content (AvgIpc) is 2.52. The number of carbonyl (C=O) groups excluding carboxylic acids is 1. The average molecular weight is 333 g/mol. The molecule has 0 aromatic heterocycles. The van der Waals surface area contributed by atoms with Crippen LogP contribution in [0.1, 0.15) is 0 Å². The van der Waals surface area contributed by atoms with E-state index in [0.717, 1.165) is 18.2 Å². The number of hydrogen-bond acceptors (Lipinski definition) is 7. The molecule has 0 aliphatic heterocycles. The molecular formula is C13H11N5O6. The highest BCUT2D eigenvalue weighted by atomic mass is 16.6. The number of rotatable bonds is 5. The molecule has 0 radical (unpaired) electrons. The maximum absolute atomic E-state index is 11.7. The fourth-order valence-corrected chi connectivity index (χ4v) is 1.76. The molecule has 0 spiro atoms. The quantitative estimate of drug-likeness (QED) is 0.482. The number of anilines is 2. The smallest absolute Gasteiger partial charge is 0.337 e. The van der Waals surface area contributed by atoms with Crippen LogP contribution in [0.2, 0.25) is 0 Å². The SMILES string of the molecule is O=C(NNc1ccc([N+](=O)[O-])cc1[N+](=O)[O-])Nc1cccc(O)c1. The molecule has 0 aliphatic rings. The lowest BCUT2D eigenvalue weighted by molar-refractivity contribution is -0.393. The molecule has 0 saturated heterocycles. The molecule has 0 bridgehead atoms. The first kappa shape index (κ1) is 16.5. The first-order valence-corrected chi connectivity index (χ1v) is 6.41. The van der Waals surface area contributed by atoms with Crippen molar-refractivity contribution in [2.24, 2.45) is 0 Å². The standard InChI is InChI=1S/C13H11N5O6/c19-10-3-1-2-8(6-10)14-13(20)16-15-11-5-4-9(17(21)22)7-12(11)18(23)24/h1-7,15,19H,(H2,14,16,20). The third kappa shape index (κ3) is 4.07. The molecule has 2 amide bonds. The zero-order valence-corrected chi connectivity index (χ0v) is 11.9. The summed E-state index contributed by atoms with van der Waals surface area (Å²) in [7, 11) is 0. The molecule has 0 heterocycles. The molecule has 2 aromatic rings. The van der Waals surface area contributed by atoms with Crippen molar-refractivity contribution in [1.29, 1.82) is 0 Å². The maximum atomic E-state index is 11.7. The van der Waals surface area contributed by atoms with Gasteiger partial charge in [0.2, 0.25) is 0 Å². The number of nitrogens with zero attached hydrogens (tertiary/aromatic N) is 2. The van der Waals surface area contributed by atoms with Crippen LogP contribution >= 0.6 is 0 Å². The molecule has 0 aliphatic carbocycles. The highest BCUT2D eigenvalue weighted by molar-refractivity contribution is 5.90. The summed E-state index contributed by atoms with van der Waals surface area (Å²) < 4.78 is 0. The van der Waals surface area contributed by atoms with Gasteiger partial charge < -0.3 is 10.4 Å². The second kappa shape index (κ2) is 6.91. The number of hydrazine groups is 1. The topological polar surface area (TPSA) is 160 Å². The van der Waals surface area contributed by atoms with Crippen LogP contribution in [-0.4, -0.2) is 21.0 Å². The van der Waals surface area contributed by atoms with Gasteiger partial charge in [0, 0.05) is 17.8 Å². The summed E-state index contributed by atoms with van der Waals surface area (Å²) in [6.45, 7) is 0. The third-order valence-corrected chi connectivity index (χ3v) is 2.80. The lowest BCUT2D eigenvalue weighted by Crippen LogP contribution is -2.33. The monoisotopic (exact) mass is 333 g/mol. The minimum absolute atomic E-state index is 0.0493. The van der Waals surface area contributed by atoms with Crippen molar-refractivity contribution >= 4 is 28.8 Å². The Hall–Kier alpha value is -3.89. The van der Waals surface area contributed by atoms with Crippen molar-refractivity contribution < 1.29 is 19.7 Å². The van der Waals surface area contributed by atoms with Gasteiger partial charge in [0.15, 0.2) is 0 Å². The number of phenols is 1. The van der Waals surface area contributed by atoms with Gasteiger partial charge in [0.25, 0.3) is 5.69 Å². The molecule has 11 nitrogen and oxygen atoms in total. The van der Waals surface area contributed by atoms with Crippen molar-refractivity contribution in [2.75, 3.05) is 10.7 Å². The van der Waals surface area contributed by atoms with Crippen LogP contribution in [0.15, 0.2) is 42.5 Å². The van der Waals surface area contributed by atoms with Crippen LogP contribution in [0.25, 0.3) is 0 Å². The molecule has 0 unspecified atom stereocenters. The van der Waals surface area contributed by atoms with Gasteiger partial charge in [-0.1, -0.05) is 6.07 Å². The van der Waals surface area contributed by atoms with Crippen LogP contribution < -0.4 is 16.2 Å². The van der Waals surface area contributed by atoms with E-state index in [1.807, 2.05) is 0 Å². The van der Waals surface area contributed by atoms with Crippen molar-refractivity contribution in [2.45, 2.75) is 0 Å². The van der Waals surface area contributed by atoms with Gasteiger partial charge >= 0.3 is 11.7 Å². The number of benzene rings is 2. The Bertz CT molecular complexity index is 809. The summed E-state index contributed by atoms with van der Waals surface area (Å²) in [5.74, 6) is -0.0493. The van der Waals surface area contributed by atoms with E-state index in [1.54, 1.807) is 0 Å². The predicted molar refractivity (Wildman–Crippen MR) is 83.6 cm³/mol. The Labute approximate surface area is 134 Å². The van der Waals surface area contributed by atoms with Crippen LogP contribution in [0, 0.1) is 20.2 Å². The van der Waals surface area contributed by atoms with Crippen LogP contribution in [0.4, 0.5) is 27.5 Å². The van der Waals surface area contributed by atoms with E-state index in [2.05, 4.69) is 16.2 Å². The first-order valence-electron chi connectivity index (χ1n) is 6.41. The number of hydrogen-bond donors (Lipinski definition) is 4. The molecule has 0 atom stereocenters. The highest BCUT2D eigenvalue weighted by Gasteiger charge is 2.19. The normalized spacial score (nSPS) is 9.83. The number of phenolic OH excluding ortho intramolecular Hbond substituents is 1. The molecule has 2 aromatic carbocycles. The zero-order chi connectivity index (χ0) is 17.7. The number of nitrogens with one attached hydrogen (secondary N) is 3. The molecule has 124 valence electrons. The Morgan fingerprint density at radius 1 is 1.04 bits per heavy atom. The largest absolute Gasteiger partial charge is 0.508 e. The number of carbonyl (C=O) groups is 1. The van der Waals surface area contributed by atoms with Crippen molar-refractivity contribution in [3.8, 4) is 5.75 Å². The predicted octanol–water partition coefficient (Wildman–Crippen LogP) is 2.36. The minimum atomic E-state index is -0.815. The van der Waals surface area contributed by atoms with Gasteiger partial charge in [-0.25, -0.2) is 4.79 Å². The summed E-state index contributed by atoms with van der Waals surface area (Å²) in [5, 5.41) is 33.3. The Morgan fingerprint density at radius 3 is 2.42 bits per heavy atom. The lowest BCUT2D eigenvalue weighted by Gasteiger charge is -2.10. The molecular weight excluding hydrogens is 322 g/mol. The van der Waals surface area contributed by atoms with Crippen molar-refractivity contribution in [1.82, 2.24) is 5.43 Å². The molecule has 24 heavy (non-hydrogen) atoms. The van der Waals surface area contributed by atoms with Gasteiger partial charge in [-0.05, 0) is 18.2 Å². The molecule has 2 rings (SSSR count). The fraction of sp³-hybridized carbons (Fsp3) is 0. The number of aromatic hydroxyl groups is 1. The Morgan fingerprint density at radius 2 is 1.79 bits per heavy atom. The second-order valence-electron chi connectivity index (χ2n) is 4.47. The summed E-state index contributed by atoms with van der Waals surface area (Å²) in [4.78, 5) is 31.7. The van der Waals surface area contributed by atoms with E-state index in [-0.39, 0.29) is 11.4 Å². The van der Waals surface area contributed by atoms with Gasteiger partial charge in [-0.2, -0.15) is 0 Å². The lowest BCUT2D eigenvalue weighted by atomic mass is 10.2. The fourth-order valence-electron chi connectivity index (χ4n) is 1.76. The van der Waals surface area contributed by atoms with E-state index >= 15 is 0 Å². The van der Waals surface area contributed by atoms with Crippen LogP contribution in [0.5, 0.6) is 5.75 Å². The van der Waals surface area contributed by atoms with Gasteiger partial charge in [0.05, 0.1) is 15.9 Å². The Balaban J connectivity index is 2.07. The molecule has 0 fully saturated rings. The second-order valence-corrected chi connectivity index (χ2v) is 4.47. The van der Waals surface area contributed by atoms with Crippen LogP contribution in [0.3, 0.4) is 0 Å². The molecule has 11 heteroatoms. The first-order chi connectivity index (χ1) is 11.4. The summed E-state index contributed by atoms with van der Waals surface area (Å²) in [5.41, 5.74) is 3.62. The summed E-state index contributed by atoms with van der Waals surface area (Å²) in [6, 6.07) is 7.93. The highest BCUT2D eigenvalue weighted by Crippen LogP contribution is 2.28. The van der Waals surface area contributed by atoms with Crippen LogP contribution in [-0.2, 0) is 0 Å². The minimum Gasteiger partial charge on any atom is -0.508 e. The van der Waals surface area contributed by atoms with E-state index < -0.39 is 27.3 Å². The number of non-ortho nitro benzene ring substituents is 1. The summed E-state index contributed by atoms with van der Waals surface area (Å²) >= 11 is 0. The maximum Gasteiger partial charge on any atom is 0.337 e. The van der Waals surface area contributed by atoms with E-state index in [4.69, 9.17) is 0 Å². The van der Waals surface area contributed by atoms with E-state index in [1.165, 1.54) is 24.3 Å². The number of nitro benzene ring substituents is 2. The van der Waals surface area contributed by atoms with E-state index in [0.29, 0.717) is 5.69 Å². The van der Waals surface area contributed by atoms with Crippen molar-refractivity contribution in [3.05, 3.63) is 62.7 Å². The van der Waals surface area contributed by atoms with Gasteiger partial charge in [0.1, 0.15) is 11.4 Å². The van der Waals surface area contributed by atoms with Gasteiger partial charge in [-0.3, -0.25) is 31.1 Å². The van der Waals surface area contributed by atoms with Crippen molar-refractivity contribution in [3.63, 3.8) is 0 Å². The van der Waals surface area contributed by atoms with E-state index in [9.17, 15) is 30.1 Å². The Kier molecular flexibility index (Phi) is 4.75. The third-order valence-electron chi connectivity index (χ3n) is 2.80. The number of amides is 2. The summed E-state index contributed by atoms with van der Waals surface area (Å²) in [6.07, 6.45) is 0. The molecule has 0 saturated carbocycles. The number of nitro groups is 2. The molecule has 4 N–H and O–H groups in total. The number of urea groups is 1. The van der Waals surface area contributed by atoms with Gasteiger partial charge in [-0.15, -0.1) is 0 Å².